The van der Waals surface area contributed by atoms with Crippen molar-refractivity contribution in [2.75, 3.05) is 18.0 Å². The Bertz CT molecular complexity index is 482. The molecule has 1 aromatic rings. The second-order valence-corrected chi connectivity index (χ2v) is 7.22. The molecule has 1 heterocycles. The third-order valence-corrected chi connectivity index (χ3v) is 3.96. The molecule has 2 rings (SSSR count). The van der Waals surface area contributed by atoms with E-state index in [4.69, 9.17) is 4.74 Å². The van der Waals surface area contributed by atoms with Gasteiger partial charge in [-0.2, -0.15) is 0 Å². The van der Waals surface area contributed by atoms with Gasteiger partial charge < -0.3 is 15.0 Å². The van der Waals surface area contributed by atoms with Crippen LogP contribution < -0.4 is 10.2 Å². The minimum Gasteiger partial charge on any atom is -0.369 e. The molecule has 1 N–H and O–H groups in total. The third kappa shape index (κ3) is 4.45. The second kappa shape index (κ2) is 6.37. The first-order valence-electron chi connectivity index (χ1n) is 8.02. The van der Waals surface area contributed by atoms with Crippen LogP contribution in [-0.2, 0) is 11.3 Å². The van der Waals surface area contributed by atoms with Gasteiger partial charge in [0.1, 0.15) is 0 Å². The molecule has 0 radical (unpaired) electrons. The van der Waals surface area contributed by atoms with Crippen LogP contribution in [-0.4, -0.2) is 30.8 Å². The van der Waals surface area contributed by atoms with Crippen molar-refractivity contribution in [1.29, 1.82) is 0 Å². The molecular formula is C18H30N2O. The lowest BCUT2D eigenvalue weighted by molar-refractivity contribution is -0.0749. The number of ether oxygens (including phenoxy) is 1. The van der Waals surface area contributed by atoms with Crippen molar-refractivity contribution in [3.63, 3.8) is 0 Å². The smallest absolute Gasteiger partial charge is 0.0805 e. The molecule has 1 aliphatic rings. The van der Waals surface area contributed by atoms with Crippen molar-refractivity contribution >= 4 is 5.69 Å². The summed E-state index contributed by atoms with van der Waals surface area (Å²) in [6.07, 6.45) is 0.274. The standard InChI is InChI=1S/C18H30N2O/c1-13(2)19-10-16-7-8-17(9-14(16)3)20-11-15(4)21-18(5,6)12-20/h7-9,13,15,19H,10-12H2,1-6H3. The van der Waals surface area contributed by atoms with E-state index < -0.39 is 0 Å². The van der Waals surface area contributed by atoms with E-state index in [2.05, 4.69) is 70.0 Å². The average Bonchev–Trinajstić information content (AvgIpc) is 2.34. The monoisotopic (exact) mass is 290 g/mol. The largest absolute Gasteiger partial charge is 0.369 e. The van der Waals surface area contributed by atoms with Crippen molar-refractivity contribution in [1.82, 2.24) is 5.32 Å². The van der Waals surface area contributed by atoms with Gasteiger partial charge in [-0.3, -0.25) is 0 Å². The summed E-state index contributed by atoms with van der Waals surface area (Å²) >= 11 is 0. The summed E-state index contributed by atoms with van der Waals surface area (Å²) in [4.78, 5) is 2.45. The molecule has 1 atom stereocenters. The molecule has 1 unspecified atom stereocenters. The van der Waals surface area contributed by atoms with Gasteiger partial charge in [0.2, 0.25) is 0 Å². The first-order valence-corrected chi connectivity index (χ1v) is 8.02. The predicted octanol–water partition coefficient (Wildman–Crippen LogP) is 3.50. The number of aryl methyl sites for hydroxylation is 1. The Hall–Kier alpha value is -1.06. The van der Waals surface area contributed by atoms with E-state index in [0.717, 1.165) is 19.6 Å². The summed E-state index contributed by atoms with van der Waals surface area (Å²) in [6, 6.07) is 7.34. The zero-order chi connectivity index (χ0) is 15.6. The maximum atomic E-state index is 5.99. The minimum absolute atomic E-state index is 0.0799. The molecular weight excluding hydrogens is 260 g/mol. The van der Waals surface area contributed by atoms with Gasteiger partial charge in [0.15, 0.2) is 0 Å². The number of hydrogen-bond donors (Lipinski definition) is 1. The Morgan fingerprint density at radius 1 is 1.38 bits per heavy atom. The highest BCUT2D eigenvalue weighted by Crippen LogP contribution is 2.27. The Kier molecular flexibility index (Phi) is 4.95. The second-order valence-electron chi connectivity index (χ2n) is 7.22. The van der Waals surface area contributed by atoms with Gasteiger partial charge in [0.25, 0.3) is 0 Å². The highest BCUT2D eigenvalue weighted by Gasteiger charge is 2.31. The van der Waals surface area contributed by atoms with E-state index in [1.165, 1.54) is 16.8 Å². The predicted molar refractivity (Wildman–Crippen MR) is 90.0 cm³/mol. The van der Waals surface area contributed by atoms with Crippen molar-refractivity contribution in [2.45, 2.75) is 65.8 Å². The van der Waals surface area contributed by atoms with Gasteiger partial charge in [-0.1, -0.05) is 19.9 Å². The Labute approximate surface area is 129 Å². The van der Waals surface area contributed by atoms with Crippen molar-refractivity contribution in [3.05, 3.63) is 29.3 Å². The zero-order valence-electron chi connectivity index (χ0n) is 14.4. The van der Waals surface area contributed by atoms with Gasteiger partial charge in [0.05, 0.1) is 11.7 Å². The maximum Gasteiger partial charge on any atom is 0.0805 e. The molecule has 1 fully saturated rings. The molecule has 0 saturated carbocycles. The fraction of sp³-hybridized carbons (Fsp3) is 0.667. The SMILES string of the molecule is Cc1cc(N2CC(C)OC(C)(C)C2)ccc1CNC(C)C. The third-order valence-electron chi connectivity index (χ3n) is 3.96. The number of nitrogens with one attached hydrogen (secondary N) is 1. The molecule has 0 spiro atoms. The van der Waals surface area contributed by atoms with Crippen LogP contribution in [0.1, 0.15) is 45.7 Å². The first-order chi connectivity index (χ1) is 9.77. The van der Waals surface area contributed by atoms with Crippen molar-refractivity contribution in [2.24, 2.45) is 0 Å². The van der Waals surface area contributed by atoms with Gasteiger partial charge in [-0.05, 0) is 51.0 Å². The molecule has 1 aliphatic heterocycles. The summed E-state index contributed by atoms with van der Waals surface area (Å²) in [6.45, 7) is 15.9. The van der Waals surface area contributed by atoms with Crippen LogP contribution in [0.2, 0.25) is 0 Å². The van der Waals surface area contributed by atoms with E-state index in [0.29, 0.717) is 6.04 Å². The normalized spacial score (nSPS) is 21.9. The van der Waals surface area contributed by atoms with Crippen LogP contribution in [0.4, 0.5) is 5.69 Å². The number of anilines is 1. The topological polar surface area (TPSA) is 24.5 Å². The number of nitrogens with zero attached hydrogens (tertiary/aromatic N) is 1. The quantitative estimate of drug-likeness (QED) is 0.918. The Morgan fingerprint density at radius 2 is 2.10 bits per heavy atom. The molecule has 1 saturated heterocycles. The molecule has 21 heavy (non-hydrogen) atoms. The molecule has 118 valence electrons. The van der Waals surface area contributed by atoms with E-state index in [-0.39, 0.29) is 11.7 Å². The molecule has 3 heteroatoms. The average molecular weight is 290 g/mol. The van der Waals surface area contributed by atoms with Gasteiger partial charge in [0, 0.05) is 31.4 Å². The molecule has 0 aromatic heterocycles. The summed E-state index contributed by atoms with van der Waals surface area (Å²) in [5, 5.41) is 3.49. The first kappa shape index (κ1) is 16.3. The van der Waals surface area contributed by atoms with Crippen molar-refractivity contribution in [3.8, 4) is 0 Å². The molecule has 0 aliphatic carbocycles. The van der Waals surface area contributed by atoms with Crippen LogP contribution >= 0.6 is 0 Å². The molecule has 3 nitrogen and oxygen atoms in total. The maximum absolute atomic E-state index is 5.99. The zero-order valence-corrected chi connectivity index (χ0v) is 14.4. The highest BCUT2D eigenvalue weighted by atomic mass is 16.5. The minimum atomic E-state index is -0.0799. The number of morpholine rings is 1. The summed E-state index contributed by atoms with van der Waals surface area (Å²) in [5.41, 5.74) is 3.97. The molecule has 0 bridgehead atoms. The number of hydrogen-bond acceptors (Lipinski definition) is 3. The molecule has 1 aromatic carbocycles. The van der Waals surface area contributed by atoms with E-state index >= 15 is 0 Å². The van der Waals surface area contributed by atoms with E-state index in [1.54, 1.807) is 0 Å². The number of rotatable bonds is 4. The summed E-state index contributed by atoms with van der Waals surface area (Å²) in [7, 11) is 0. The van der Waals surface area contributed by atoms with Gasteiger partial charge in [-0.15, -0.1) is 0 Å². The lowest BCUT2D eigenvalue weighted by Gasteiger charge is -2.43. The summed E-state index contributed by atoms with van der Waals surface area (Å²) < 4.78 is 5.99. The fourth-order valence-corrected chi connectivity index (χ4v) is 3.04. The van der Waals surface area contributed by atoms with Crippen molar-refractivity contribution < 1.29 is 4.74 Å². The van der Waals surface area contributed by atoms with Gasteiger partial charge in [-0.25, -0.2) is 0 Å². The van der Waals surface area contributed by atoms with Crippen LogP contribution in [0.3, 0.4) is 0 Å². The highest BCUT2D eigenvalue weighted by molar-refractivity contribution is 5.51. The summed E-state index contributed by atoms with van der Waals surface area (Å²) in [5.74, 6) is 0. The lowest BCUT2D eigenvalue weighted by atomic mass is 10.0. The Balaban J connectivity index is 2.12. The fourth-order valence-electron chi connectivity index (χ4n) is 3.04. The molecule has 0 amide bonds. The van der Waals surface area contributed by atoms with E-state index in [9.17, 15) is 0 Å². The number of benzene rings is 1. The lowest BCUT2D eigenvalue weighted by Crippen LogP contribution is -2.52. The van der Waals surface area contributed by atoms with Crippen LogP contribution in [0.5, 0.6) is 0 Å². The van der Waals surface area contributed by atoms with E-state index in [1.807, 2.05) is 0 Å². The Morgan fingerprint density at radius 3 is 2.67 bits per heavy atom. The van der Waals surface area contributed by atoms with Crippen LogP contribution in [0.25, 0.3) is 0 Å². The van der Waals surface area contributed by atoms with Gasteiger partial charge >= 0.3 is 0 Å². The van der Waals surface area contributed by atoms with Crippen LogP contribution in [0.15, 0.2) is 18.2 Å². The van der Waals surface area contributed by atoms with Crippen LogP contribution in [0, 0.1) is 6.92 Å².